The minimum Gasteiger partial charge on any atom is -0.369 e. The zero-order valence-electron chi connectivity index (χ0n) is 18.9. The SMILES string of the molecule is CCS(=O)(=O)c1ccc(C(CC(=O)NC)C(=O)Nc2ccc(C(O)(C(F)(F)F)C(F)(F)F)cc2)cc1. The van der Waals surface area contributed by atoms with Crippen LogP contribution in [0.2, 0.25) is 0 Å². The van der Waals surface area contributed by atoms with Gasteiger partial charge in [-0.1, -0.05) is 31.2 Å². The van der Waals surface area contributed by atoms with Crippen LogP contribution in [0, 0.1) is 0 Å². The van der Waals surface area contributed by atoms with Gasteiger partial charge in [-0.25, -0.2) is 8.42 Å². The number of alkyl halides is 6. The molecule has 0 aliphatic heterocycles. The fourth-order valence-electron chi connectivity index (χ4n) is 3.24. The van der Waals surface area contributed by atoms with E-state index in [0.29, 0.717) is 12.1 Å². The molecule has 2 amide bonds. The van der Waals surface area contributed by atoms with Gasteiger partial charge in [-0.2, -0.15) is 26.3 Å². The van der Waals surface area contributed by atoms with Crippen molar-refractivity contribution in [1.29, 1.82) is 0 Å². The quantitative estimate of drug-likeness (QED) is 0.443. The summed E-state index contributed by atoms with van der Waals surface area (Å²) in [6.45, 7) is 1.45. The Morgan fingerprint density at radius 3 is 1.83 bits per heavy atom. The first-order chi connectivity index (χ1) is 16.5. The molecule has 0 aliphatic carbocycles. The molecule has 0 bridgehead atoms. The maximum atomic E-state index is 13.1. The van der Waals surface area contributed by atoms with Crippen molar-refractivity contribution in [3.05, 3.63) is 59.7 Å². The third-order valence-corrected chi connectivity index (χ3v) is 7.15. The molecule has 0 aliphatic rings. The van der Waals surface area contributed by atoms with E-state index in [-0.39, 0.29) is 28.3 Å². The van der Waals surface area contributed by atoms with Crippen LogP contribution in [0.15, 0.2) is 53.4 Å². The lowest BCUT2D eigenvalue weighted by atomic mass is 9.92. The smallest absolute Gasteiger partial charge is 0.369 e. The van der Waals surface area contributed by atoms with Crippen LogP contribution in [0.4, 0.5) is 32.0 Å². The molecule has 0 saturated carbocycles. The molecule has 0 saturated heterocycles. The number of carbonyl (C=O) groups is 2. The first-order valence-corrected chi connectivity index (χ1v) is 11.9. The number of hydrogen-bond acceptors (Lipinski definition) is 5. The molecule has 2 aromatic rings. The van der Waals surface area contributed by atoms with Crippen molar-refractivity contribution >= 4 is 27.3 Å². The van der Waals surface area contributed by atoms with Gasteiger partial charge in [0.05, 0.1) is 16.6 Å². The normalized spacial score (nSPS) is 13.7. The van der Waals surface area contributed by atoms with Crippen molar-refractivity contribution in [1.82, 2.24) is 5.32 Å². The summed E-state index contributed by atoms with van der Waals surface area (Å²) in [6.07, 6.45) is -12.5. The van der Waals surface area contributed by atoms with Crippen molar-refractivity contribution in [2.24, 2.45) is 0 Å². The maximum Gasteiger partial charge on any atom is 0.430 e. The first kappa shape index (κ1) is 29.1. The van der Waals surface area contributed by atoms with Crippen LogP contribution < -0.4 is 10.6 Å². The van der Waals surface area contributed by atoms with Crippen LogP contribution in [-0.4, -0.2) is 50.5 Å². The number of nitrogens with one attached hydrogen (secondary N) is 2. The lowest BCUT2D eigenvalue weighted by Crippen LogP contribution is -2.53. The van der Waals surface area contributed by atoms with Gasteiger partial charge in [-0.15, -0.1) is 0 Å². The standard InChI is InChI=1S/C22H22F6N2O5S/c1-3-36(34,35)16-10-4-13(5-11-16)17(12-18(31)29-2)19(32)30-15-8-6-14(7-9-15)20(33,21(23,24)25)22(26,27)28/h4-11,17,33H,3,12H2,1-2H3,(H,29,31)(H,30,32). The number of carbonyl (C=O) groups excluding carboxylic acids is 2. The van der Waals surface area contributed by atoms with Gasteiger partial charge in [0.25, 0.3) is 5.60 Å². The number of sulfone groups is 1. The number of rotatable bonds is 8. The minimum absolute atomic E-state index is 0.00902. The average molecular weight is 540 g/mol. The van der Waals surface area contributed by atoms with E-state index in [9.17, 15) is 49.5 Å². The second kappa shape index (κ2) is 10.5. The van der Waals surface area contributed by atoms with E-state index >= 15 is 0 Å². The number of halogens is 6. The topological polar surface area (TPSA) is 113 Å². The molecular weight excluding hydrogens is 518 g/mol. The zero-order valence-corrected chi connectivity index (χ0v) is 19.7. The van der Waals surface area contributed by atoms with Crippen LogP contribution in [0.25, 0.3) is 0 Å². The molecule has 2 aromatic carbocycles. The minimum atomic E-state index is -6.06. The lowest BCUT2D eigenvalue weighted by molar-refractivity contribution is -0.376. The van der Waals surface area contributed by atoms with E-state index in [2.05, 4.69) is 10.6 Å². The zero-order chi connectivity index (χ0) is 27.5. The number of amides is 2. The van der Waals surface area contributed by atoms with Crippen LogP contribution in [-0.2, 0) is 25.0 Å². The van der Waals surface area contributed by atoms with Crippen molar-refractivity contribution in [3.8, 4) is 0 Å². The highest BCUT2D eigenvalue weighted by molar-refractivity contribution is 7.91. The maximum absolute atomic E-state index is 13.1. The summed E-state index contributed by atoms with van der Waals surface area (Å²) in [6, 6.07) is 7.37. The van der Waals surface area contributed by atoms with Crippen LogP contribution >= 0.6 is 0 Å². The number of hydrogen-bond donors (Lipinski definition) is 3. The predicted molar refractivity (Wildman–Crippen MR) is 117 cm³/mol. The van der Waals surface area contributed by atoms with Gasteiger partial charge in [0.1, 0.15) is 0 Å². The molecule has 0 radical (unpaired) electrons. The summed E-state index contributed by atoms with van der Waals surface area (Å²) in [5.41, 5.74) is -6.59. The van der Waals surface area contributed by atoms with Crippen LogP contribution in [0.3, 0.4) is 0 Å². The Kier molecular flexibility index (Phi) is 8.46. The molecule has 0 aromatic heterocycles. The molecule has 198 valence electrons. The van der Waals surface area contributed by atoms with Crippen molar-refractivity contribution < 1.29 is 49.5 Å². The summed E-state index contributed by atoms with van der Waals surface area (Å²) in [7, 11) is -2.22. The highest BCUT2D eigenvalue weighted by atomic mass is 32.2. The molecule has 0 fully saturated rings. The molecule has 2 rings (SSSR count). The van der Waals surface area contributed by atoms with Gasteiger partial charge < -0.3 is 15.7 Å². The molecule has 7 nitrogen and oxygen atoms in total. The second-order valence-electron chi connectivity index (χ2n) is 7.67. The second-order valence-corrected chi connectivity index (χ2v) is 9.95. The van der Waals surface area contributed by atoms with E-state index in [4.69, 9.17) is 0 Å². The number of anilines is 1. The largest absolute Gasteiger partial charge is 0.430 e. The van der Waals surface area contributed by atoms with E-state index in [0.717, 1.165) is 12.1 Å². The summed E-state index contributed by atoms with van der Waals surface area (Å²) >= 11 is 0. The molecule has 1 atom stereocenters. The van der Waals surface area contributed by atoms with Crippen molar-refractivity contribution in [3.63, 3.8) is 0 Å². The predicted octanol–water partition coefficient (Wildman–Crippen LogP) is 3.65. The third kappa shape index (κ3) is 5.98. The molecule has 3 N–H and O–H groups in total. The van der Waals surface area contributed by atoms with Crippen LogP contribution in [0.5, 0.6) is 0 Å². The van der Waals surface area contributed by atoms with E-state index in [1.54, 1.807) is 0 Å². The Bertz CT molecular complexity index is 1180. The summed E-state index contributed by atoms with van der Waals surface area (Å²) < 4.78 is 102. The summed E-state index contributed by atoms with van der Waals surface area (Å²) in [5.74, 6) is -2.73. The Balaban J connectivity index is 2.36. The van der Waals surface area contributed by atoms with Gasteiger partial charge in [-0.3, -0.25) is 9.59 Å². The Morgan fingerprint density at radius 1 is 0.917 bits per heavy atom. The van der Waals surface area contributed by atoms with Gasteiger partial charge >= 0.3 is 12.4 Å². The Hall–Kier alpha value is -3.13. The fourth-order valence-corrected chi connectivity index (χ4v) is 4.12. The molecule has 1 unspecified atom stereocenters. The summed E-state index contributed by atoms with van der Waals surface area (Å²) in [5, 5.41) is 14.1. The number of aliphatic hydroxyl groups is 1. The lowest BCUT2D eigenvalue weighted by Gasteiger charge is -2.32. The number of benzene rings is 2. The highest BCUT2D eigenvalue weighted by Crippen LogP contribution is 2.50. The molecular formula is C22H22F6N2O5S. The van der Waals surface area contributed by atoms with Crippen molar-refractivity contribution in [2.75, 3.05) is 18.1 Å². The third-order valence-electron chi connectivity index (χ3n) is 5.40. The molecule has 0 heterocycles. The van der Waals surface area contributed by atoms with Gasteiger partial charge in [0.15, 0.2) is 9.84 Å². The monoisotopic (exact) mass is 540 g/mol. The fraction of sp³-hybridized carbons (Fsp3) is 0.364. The Morgan fingerprint density at radius 2 is 1.42 bits per heavy atom. The summed E-state index contributed by atoms with van der Waals surface area (Å²) in [4.78, 5) is 24.8. The van der Waals surface area contributed by atoms with E-state index < -0.39 is 51.1 Å². The van der Waals surface area contributed by atoms with Crippen LogP contribution in [0.1, 0.15) is 30.4 Å². The first-order valence-electron chi connectivity index (χ1n) is 10.3. The van der Waals surface area contributed by atoms with Gasteiger partial charge in [0, 0.05) is 24.7 Å². The molecule has 14 heteroatoms. The highest BCUT2D eigenvalue weighted by Gasteiger charge is 2.71. The van der Waals surface area contributed by atoms with Gasteiger partial charge in [-0.05, 0) is 29.8 Å². The van der Waals surface area contributed by atoms with Crippen molar-refractivity contribution in [2.45, 2.75) is 42.1 Å². The average Bonchev–Trinajstić information content (AvgIpc) is 2.80. The van der Waals surface area contributed by atoms with E-state index in [1.165, 1.54) is 38.2 Å². The molecule has 0 spiro atoms. The van der Waals surface area contributed by atoms with Gasteiger partial charge in [0.2, 0.25) is 11.8 Å². The Labute approximate surface area is 202 Å². The van der Waals surface area contributed by atoms with E-state index in [1.807, 2.05) is 0 Å². The molecule has 36 heavy (non-hydrogen) atoms.